The predicted molar refractivity (Wildman–Crippen MR) is 78.5 cm³/mol. The molecule has 102 valence electrons. The molecule has 4 heteroatoms. The van der Waals surface area contributed by atoms with Crippen molar-refractivity contribution in [2.75, 3.05) is 5.73 Å². The molecular weight excluding hydrogens is 236 g/mol. The second-order valence-corrected chi connectivity index (χ2v) is 5.86. The van der Waals surface area contributed by atoms with Crippen molar-refractivity contribution in [1.82, 2.24) is 15.0 Å². The maximum atomic E-state index is 5.99. The maximum absolute atomic E-state index is 5.99. The second-order valence-electron chi connectivity index (χ2n) is 5.86. The van der Waals surface area contributed by atoms with E-state index in [0.29, 0.717) is 5.82 Å². The molecule has 1 heterocycles. The van der Waals surface area contributed by atoms with Crippen LogP contribution in [0.2, 0.25) is 0 Å². The van der Waals surface area contributed by atoms with E-state index >= 15 is 0 Å². The van der Waals surface area contributed by atoms with E-state index in [1.54, 1.807) is 0 Å². The summed E-state index contributed by atoms with van der Waals surface area (Å²) >= 11 is 0. The first kappa shape index (κ1) is 13.6. The minimum Gasteiger partial charge on any atom is -0.381 e. The SMILES string of the molecule is CCCc1ccccc1-n1nnc(N)c1C(C)(C)C. The third-order valence-electron chi connectivity index (χ3n) is 3.15. The van der Waals surface area contributed by atoms with Gasteiger partial charge in [-0.25, -0.2) is 4.68 Å². The Morgan fingerprint density at radius 1 is 1.21 bits per heavy atom. The summed E-state index contributed by atoms with van der Waals surface area (Å²) in [5.41, 5.74) is 9.23. The molecule has 0 saturated heterocycles. The highest BCUT2D eigenvalue weighted by molar-refractivity contribution is 5.47. The van der Waals surface area contributed by atoms with Crippen molar-refractivity contribution in [3.8, 4) is 5.69 Å². The number of aromatic nitrogens is 3. The lowest BCUT2D eigenvalue weighted by molar-refractivity contribution is 0.543. The molecular formula is C15H22N4. The lowest BCUT2D eigenvalue weighted by Gasteiger charge is -2.21. The quantitative estimate of drug-likeness (QED) is 0.920. The number of para-hydroxylation sites is 1. The van der Waals surface area contributed by atoms with Gasteiger partial charge in [-0.3, -0.25) is 0 Å². The molecule has 2 aromatic rings. The fourth-order valence-corrected chi connectivity index (χ4v) is 2.36. The van der Waals surface area contributed by atoms with Crippen LogP contribution in [-0.4, -0.2) is 15.0 Å². The third kappa shape index (κ3) is 2.62. The molecule has 0 atom stereocenters. The number of nitrogens with zero attached hydrogens (tertiary/aromatic N) is 3. The molecule has 0 fully saturated rings. The number of aryl methyl sites for hydroxylation is 1. The third-order valence-corrected chi connectivity index (χ3v) is 3.15. The summed E-state index contributed by atoms with van der Waals surface area (Å²) in [6, 6.07) is 8.31. The van der Waals surface area contributed by atoms with Crippen LogP contribution < -0.4 is 5.73 Å². The Bertz CT molecular complexity index is 564. The minimum atomic E-state index is -0.0904. The summed E-state index contributed by atoms with van der Waals surface area (Å²) in [5, 5.41) is 8.29. The van der Waals surface area contributed by atoms with Crippen LogP contribution in [0.5, 0.6) is 0 Å². The molecule has 0 unspecified atom stereocenters. The van der Waals surface area contributed by atoms with Gasteiger partial charge in [-0.15, -0.1) is 5.10 Å². The van der Waals surface area contributed by atoms with Crippen LogP contribution in [0.15, 0.2) is 24.3 Å². The second kappa shape index (κ2) is 5.03. The van der Waals surface area contributed by atoms with Crippen molar-refractivity contribution in [3.05, 3.63) is 35.5 Å². The first-order chi connectivity index (χ1) is 8.95. The Balaban J connectivity index is 2.60. The van der Waals surface area contributed by atoms with Gasteiger partial charge in [0.05, 0.1) is 11.4 Å². The van der Waals surface area contributed by atoms with Crippen molar-refractivity contribution >= 4 is 5.82 Å². The standard InChI is InChI=1S/C15H22N4/c1-5-8-11-9-6-7-10-12(11)19-13(15(2,3)4)14(16)17-18-19/h6-7,9-10H,5,8,16H2,1-4H3. The molecule has 2 rings (SSSR count). The van der Waals surface area contributed by atoms with E-state index in [1.165, 1.54) is 5.56 Å². The first-order valence-electron chi connectivity index (χ1n) is 6.75. The van der Waals surface area contributed by atoms with Gasteiger partial charge in [-0.05, 0) is 18.1 Å². The zero-order chi connectivity index (χ0) is 14.0. The Hall–Kier alpha value is -1.84. The molecule has 2 N–H and O–H groups in total. The van der Waals surface area contributed by atoms with Crippen LogP contribution in [0.25, 0.3) is 5.69 Å². The van der Waals surface area contributed by atoms with Crippen LogP contribution >= 0.6 is 0 Å². The molecule has 4 nitrogen and oxygen atoms in total. The van der Waals surface area contributed by atoms with Crippen molar-refractivity contribution in [3.63, 3.8) is 0 Å². The fourth-order valence-electron chi connectivity index (χ4n) is 2.36. The van der Waals surface area contributed by atoms with Crippen LogP contribution in [0.1, 0.15) is 45.4 Å². The van der Waals surface area contributed by atoms with Gasteiger partial charge in [0.1, 0.15) is 0 Å². The summed E-state index contributed by atoms with van der Waals surface area (Å²) in [6.45, 7) is 8.56. The molecule has 0 aliphatic rings. The van der Waals surface area contributed by atoms with E-state index in [-0.39, 0.29) is 5.41 Å². The summed E-state index contributed by atoms with van der Waals surface area (Å²) in [6.07, 6.45) is 2.13. The smallest absolute Gasteiger partial charge is 0.170 e. The van der Waals surface area contributed by atoms with Gasteiger partial charge < -0.3 is 5.73 Å². The van der Waals surface area contributed by atoms with Gasteiger partial charge in [-0.1, -0.05) is 57.5 Å². The Kier molecular flexibility index (Phi) is 3.60. The Morgan fingerprint density at radius 2 is 1.89 bits per heavy atom. The van der Waals surface area contributed by atoms with Gasteiger partial charge in [0.15, 0.2) is 5.82 Å². The molecule has 0 spiro atoms. The van der Waals surface area contributed by atoms with Crippen molar-refractivity contribution in [2.24, 2.45) is 0 Å². The van der Waals surface area contributed by atoms with Crippen LogP contribution in [-0.2, 0) is 11.8 Å². The first-order valence-corrected chi connectivity index (χ1v) is 6.75. The Morgan fingerprint density at radius 3 is 2.53 bits per heavy atom. The van der Waals surface area contributed by atoms with Gasteiger partial charge >= 0.3 is 0 Å². The zero-order valence-electron chi connectivity index (χ0n) is 12.1. The van der Waals surface area contributed by atoms with E-state index in [0.717, 1.165) is 24.2 Å². The highest BCUT2D eigenvalue weighted by Crippen LogP contribution is 2.29. The van der Waals surface area contributed by atoms with E-state index in [9.17, 15) is 0 Å². The average molecular weight is 258 g/mol. The van der Waals surface area contributed by atoms with Crippen molar-refractivity contribution < 1.29 is 0 Å². The topological polar surface area (TPSA) is 56.7 Å². The maximum Gasteiger partial charge on any atom is 0.170 e. The number of benzene rings is 1. The monoisotopic (exact) mass is 258 g/mol. The average Bonchev–Trinajstić information content (AvgIpc) is 2.72. The Labute approximate surface area is 114 Å². The predicted octanol–water partition coefficient (Wildman–Crippen LogP) is 3.10. The van der Waals surface area contributed by atoms with Gasteiger partial charge in [0.25, 0.3) is 0 Å². The summed E-state index contributed by atoms with van der Waals surface area (Å²) in [5.74, 6) is 0.513. The molecule has 1 aromatic carbocycles. The van der Waals surface area contributed by atoms with Crippen LogP contribution in [0, 0.1) is 0 Å². The largest absolute Gasteiger partial charge is 0.381 e. The highest BCUT2D eigenvalue weighted by atomic mass is 15.4. The molecule has 0 aliphatic heterocycles. The number of anilines is 1. The van der Waals surface area contributed by atoms with Crippen LogP contribution in [0.3, 0.4) is 0 Å². The molecule has 0 aliphatic carbocycles. The number of hydrogen-bond donors (Lipinski definition) is 1. The summed E-state index contributed by atoms with van der Waals surface area (Å²) in [7, 11) is 0. The van der Waals surface area contributed by atoms with E-state index in [1.807, 2.05) is 10.7 Å². The minimum absolute atomic E-state index is 0.0904. The van der Waals surface area contributed by atoms with E-state index in [2.05, 4.69) is 56.2 Å². The van der Waals surface area contributed by atoms with Gasteiger partial charge in [0, 0.05) is 5.41 Å². The molecule has 0 bridgehead atoms. The number of nitrogens with two attached hydrogens (primary N) is 1. The highest BCUT2D eigenvalue weighted by Gasteiger charge is 2.25. The molecule has 1 aromatic heterocycles. The number of rotatable bonds is 3. The molecule has 0 saturated carbocycles. The summed E-state index contributed by atoms with van der Waals surface area (Å²) < 4.78 is 1.89. The zero-order valence-corrected chi connectivity index (χ0v) is 12.1. The van der Waals surface area contributed by atoms with Crippen LogP contribution in [0.4, 0.5) is 5.82 Å². The molecule has 0 amide bonds. The fraction of sp³-hybridized carbons (Fsp3) is 0.467. The number of nitrogen functional groups attached to an aromatic ring is 1. The van der Waals surface area contributed by atoms with Gasteiger partial charge in [-0.2, -0.15) is 0 Å². The van der Waals surface area contributed by atoms with Gasteiger partial charge in [0.2, 0.25) is 0 Å². The number of hydrogen-bond acceptors (Lipinski definition) is 3. The van der Waals surface area contributed by atoms with E-state index < -0.39 is 0 Å². The molecule has 19 heavy (non-hydrogen) atoms. The lowest BCUT2D eigenvalue weighted by atomic mass is 9.91. The lowest BCUT2D eigenvalue weighted by Crippen LogP contribution is -2.19. The normalized spacial score (nSPS) is 11.8. The summed E-state index contributed by atoms with van der Waals surface area (Å²) in [4.78, 5) is 0. The van der Waals surface area contributed by atoms with E-state index in [4.69, 9.17) is 5.73 Å². The van der Waals surface area contributed by atoms with Crippen molar-refractivity contribution in [2.45, 2.75) is 46.0 Å². The molecule has 0 radical (unpaired) electrons. The van der Waals surface area contributed by atoms with Crippen molar-refractivity contribution in [1.29, 1.82) is 0 Å².